The normalized spacial score (nSPS) is 25.2. The molecule has 2 fully saturated rings. The van der Waals surface area contributed by atoms with Gasteiger partial charge in [-0.25, -0.2) is 4.79 Å². The van der Waals surface area contributed by atoms with Crippen LogP contribution in [0.4, 0.5) is 10.5 Å². The van der Waals surface area contributed by atoms with E-state index in [1.807, 2.05) is 24.1 Å². The lowest BCUT2D eigenvalue weighted by Gasteiger charge is -2.49. The summed E-state index contributed by atoms with van der Waals surface area (Å²) in [6.07, 6.45) is 2.19. The summed E-state index contributed by atoms with van der Waals surface area (Å²) in [7, 11) is 3.95. The molecular formula is C18H25ClN4O2. The highest BCUT2D eigenvalue weighted by molar-refractivity contribution is 6.33. The molecule has 3 amide bonds. The first-order chi connectivity index (χ1) is 11.9. The number of halogens is 1. The first-order valence-corrected chi connectivity index (χ1v) is 9.05. The van der Waals surface area contributed by atoms with Gasteiger partial charge in [0, 0.05) is 45.2 Å². The summed E-state index contributed by atoms with van der Waals surface area (Å²) >= 11 is 6.14. The van der Waals surface area contributed by atoms with Gasteiger partial charge in [0.05, 0.1) is 10.7 Å². The lowest BCUT2D eigenvalue weighted by molar-refractivity contribution is -0.129. The van der Waals surface area contributed by atoms with Crippen molar-refractivity contribution in [1.82, 2.24) is 14.7 Å². The minimum Gasteiger partial charge on any atom is -0.346 e. The Balaban J connectivity index is 1.72. The van der Waals surface area contributed by atoms with E-state index in [1.165, 1.54) is 0 Å². The highest BCUT2D eigenvalue weighted by atomic mass is 35.5. The SMILES string of the molecule is CN1CCC2(CCC1=O)CN(C(=O)Nc1ccccc1Cl)CCN2C. The molecule has 6 nitrogen and oxygen atoms in total. The summed E-state index contributed by atoms with van der Waals surface area (Å²) in [5.41, 5.74) is 0.481. The third-order valence-corrected chi connectivity index (χ3v) is 5.88. The predicted molar refractivity (Wildman–Crippen MR) is 98.9 cm³/mol. The molecule has 0 aromatic heterocycles. The molecule has 7 heteroatoms. The number of hydrogen-bond donors (Lipinski definition) is 1. The highest BCUT2D eigenvalue weighted by Gasteiger charge is 2.43. The van der Waals surface area contributed by atoms with Gasteiger partial charge in [-0.1, -0.05) is 23.7 Å². The van der Waals surface area contributed by atoms with Gasteiger partial charge < -0.3 is 15.1 Å². The van der Waals surface area contributed by atoms with Crippen molar-refractivity contribution in [2.75, 3.05) is 45.6 Å². The highest BCUT2D eigenvalue weighted by Crippen LogP contribution is 2.32. The second kappa shape index (κ2) is 7.22. The first-order valence-electron chi connectivity index (χ1n) is 8.67. The number of nitrogens with zero attached hydrogens (tertiary/aromatic N) is 3. The van der Waals surface area contributed by atoms with Crippen molar-refractivity contribution in [2.24, 2.45) is 0 Å². The lowest BCUT2D eigenvalue weighted by Crippen LogP contribution is -2.62. The van der Waals surface area contributed by atoms with Crippen LogP contribution in [-0.4, -0.2) is 72.5 Å². The summed E-state index contributed by atoms with van der Waals surface area (Å²) in [4.78, 5) is 30.7. The third kappa shape index (κ3) is 3.75. The van der Waals surface area contributed by atoms with Crippen LogP contribution in [0, 0.1) is 0 Å². The van der Waals surface area contributed by atoms with Gasteiger partial charge in [0.25, 0.3) is 0 Å². The topological polar surface area (TPSA) is 55.9 Å². The van der Waals surface area contributed by atoms with Crippen LogP contribution in [-0.2, 0) is 4.79 Å². The molecule has 1 aromatic rings. The number of rotatable bonds is 1. The average Bonchev–Trinajstić information content (AvgIpc) is 2.74. The predicted octanol–water partition coefficient (Wildman–Crippen LogP) is 2.50. The number of likely N-dealkylation sites (N-methyl/N-ethyl adjacent to an activating group) is 1. The smallest absolute Gasteiger partial charge is 0.321 e. The molecule has 0 saturated carbocycles. The van der Waals surface area contributed by atoms with Crippen LogP contribution in [0.25, 0.3) is 0 Å². The summed E-state index contributed by atoms with van der Waals surface area (Å²) in [5.74, 6) is 0.183. The van der Waals surface area contributed by atoms with E-state index in [-0.39, 0.29) is 17.5 Å². The third-order valence-electron chi connectivity index (χ3n) is 5.55. The maximum atomic E-state index is 12.7. The minimum absolute atomic E-state index is 0.135. The molecule has 0 aliphatic carbocycles. The second-order valence-electron chi connectivity index (χ2n) is 7.04. The van der Waals surface area contributed by atoms with Gasteiger partial charge in [0.2, 0.25) is 5.91 Å². The molecule has 0 radical (unpaired) electrons. The Hall–Kier alpha value is -1.79. The number of benzene rings is 1. The van der Waals surface area contributed by atoms with Gasteiger partial charge in [-0.2, -0.15) is 0 Å². The molecule has 2 aliphatic rings. The zero-order valence-electron chi connectivity index (χ0n) is 14.8. The zero-order chi connectivity index (χ0) is 18.0. The van der Waals surface area contributed by atoms with Crippen molar-refractivity contribution in [2.45, 2.75) is 24.8 Å². The van der Waals surface area contributed by atoms with Gasteiger partial charge >= 0.3 is 6.03 Å². The first kappa shape index (κ1) is 18.0. The van der Waals surface area contributed by atoms with E-state index in [1.54, 1.807) is 17.0 Å². The molecule has 1 atom stereocenters. The molecular weight excluding hydrogens is 340 g/mol. The Bertz CT molecular complexity index is 668. The van der Waals surface area contributed by atoms with Gasteiger partial charge in [0.15, 0.2) is 0 Å². The molecule has 2 saturated heterocycles. The van der Waals surface area contributed by atoms with E-state index in [0.29, 0.717) is 30.2 Å². The molecule has 0 bridgehead atoms. The van der Waals surface area contributed by atoms with E-state index < -0.39 is 0 Å². The van der Waals surface area contributed by atoms with E-state index >= 15 is 0 Å². The molecule has 2 heterocycles. The molecule has 1 unspecified atom stereocenters. The standard InChI is InChI=1S/C18H25ClN4O2/c1-21-10-9-18(8-7-16(21)24)13-23(12-11-22(18)2)17(25)20-15-6-4-3-5-14(15)19/h3-6H,7-13H2,1-2H3,(H,20,25). The largest absolute Gasteiger partial charge is 0.346 e. The summed E-state index contributed by atoms with van der Waals surface area (Å²) in [6.45, 7) is 2.82. The van der Waals surface area contributed by atoms with E-state index in [9.17, 15) is 9.59 Å². The Kier molecular flexibility index (Phi) is 5.20. The van der Waals surface area contributed by atoms with Crippen molar-refractivity contribution in [1.29, 1.82) is 0 Å². The lowest BCUT2D eigenvalue weighted by atomic mass is 9.86. The number of nitrogens with one attached hydrogen (secondary N) is 1. The molecule has 1 spiro atoms. The van der Waals surface area contributed by atoms with E-state index in [2.05, 4.69) is 17.3 Å². The van der Waals surface area contributed by atoms with Crippen molar-refractivity contribution >= 4 is 29.2 Å². The van der Waals surface area contributed by atoms with Crippen LogP contribution in [0.15, 0.2) is 24.3 Å². The Morgan fingerprint density at radius 2 is 1.92 bits per heavy atom. The minimum atomic E-state index is -0.142. The van der Waals surface area contributed by atoms with Crippen molar-refractivity contribution < 1.29 is 9.59 Å². The number of hydrogen-bond acceptors (Lipinski definition) is 3. The number of urea groups is 1. The fraction of sp³-hybridized carbons (Fsp3) is 0.556. The van der Waals surface area contributed by atoms with Crippen LogP contribution in [0.5, 0.6) is 0 Å². The van der Waals surface area contributed by atoms with Crippen molar-refractivity contribution in [3.8, 4) is 0 Å². The molecule has 136 valence electrons. The molecule has 2 aliphatic heterocycles. The maximum absolute atomic E-state index is 12.7. The quantitative estimate of drug-likeness (QED) is 0.833. The van der Waals surface area contributed by atoms with Crippen LogP contribution in [0.1, 0.15) is 19.3 Å². The number of likely N-dealkylation sites (tertiary alicyclic amines) is 1. The van der Waals surface area contributed by atoms with Crippen LogP contribution in [0.3, 0.4) is 0 Å². The van der Waals surface area contributed by atoms with Gasteiger partial charge in [-0.3, -0.25) is 9.69 Å². The molecule has 3 rings (SSSR count). The van der Waals surface area contributed by atoms with Gasteiger partial charge in [-0.05, 0) is 32.0 Å². The molecule has 1 aromatic carbocycles. The van der Waals surface area contributed by atoms with E-state index in [4.69, 9.17) is 11.6 Å². The Morgan fingerprint density at radius 3 is 2.68 bits per heavy atom. The molecule has 1 N–H and O–H groups in total. The number of anilines is 1. The Labute approximate surface area is 153 Å². The molecule has 25 heavy (non-hydrogen) atoms. The zero-order valence-corrected chi connectivity index (χ0v) is 15.6. The number of para-hydroxylation sites is 1. The van der Waals surface area contributed by atoms with Crippen LogP contribution in [0.2, 0.25) is 5.02 Å². The van der Waals surface area contributed by atoms with E-state index in [0.717, 1.165) is 25.9 Å². The summed E-state index contributed by atoms with van der Waals surface area (Å²) in [5, 5.41) is 3.44. The second-order valence-corrected chi connectivity index (χ2v) is 7.45. The number of piperazine rings is 1. The van der Waals surface area contributed by atoms with Crippen LogP contribution < -0.4 is 5.32 Å². The number of carbonyl (C=O) groups is 2. The fourth-order valence-electron chi connectivity index (χ4n) is 3.69. The Morgan fingerprint density at radius 1 is 1.16 bits per heavy atom. The van der Waals surface area contributed by atoms with Gasteiger partial charge in [0.1, 0.15) is 0 Å². The van der Waals surface area contributed by atoms with Crippen LogP contribution >= 0.6 is 11.6 Å². The fourth-order valence-corrected chi connectivity index (χ4v) is 3.87. The number of amides is 3. The monoisotopic (exact) mass is 364 g/mol. The summed E-state index contributed by atoms with van der Waals surface area (Å²) in [6, 6.07) is 7.10. The van der Waals surface area contributed by atoms with Gasteiger partial charge in [-0.15, -0.1) is 0 Å². The van der Waals surface area contributed by atoms with Crippen molar-refractivity contribution in [3.63, 3.8) is 0 Å². The average molecular weight is 365 g/mol. The maximum Gasteiger partial charge on any atom is 0.321 e. The number of carbonyl (C=O) groups excluding carboxylic acids is 2. The van der Waals surface area contributed by atoms with Crippen molar-refractivity contribution in [3.05, 3.63) is 29.3 Å². The summed E-state index contributed by atoms with van der Waals surface area (Å²) < 4.78 is 0.